The number of rotatable bonds is 4. The van der Waals surface area contributed by atoms with Crippen LogP contribution in [0, 0.1) is 11.3 Å². The van der Waals surface area contributed by atoms with E-state index in [1.54, 1.807) is 24.3 Å². The average molecular weight is 419 g/mol. The summed E-state index contributed by atoms with van der Waals surface area (Å²) in [5.74, 6) is 1.82. The van der Waals surface area contributed by atoms with E-state index >= 15 is 0 Å². The Kier molecular flexibility index (Phi) is 7.66. The second-order valence-corrected chi connectivity index (χ2v) is 9.69. The second kappa shape index (κ2) is 10.8. The van der Waals surface area contributed by atoms with Gasteiger partial charge in [0.25, 0.3) is 0 Å². The SMILES string of the molecule is N#CC(=C=[N-])c1ccccc1.N[P+](c1ccccc1)(c1ccccc1)c1ccccc1. The molecule has 0 aliphatic carbocycles. The minimum absolute atomic E-state index is 0.158. The van der Waals surface area contributed by atoms with Gasteiger partial charge in [-0.15, -0.1) is 0 Å². The van der Waals surface area contributed by atoms with Crippen LogP contribution < -0.4 is 21.4 Å². The molecule has 0 spiro atoms. The third-order valence-corrected chi connectivity index (χ3v) is 8.11. The highest BCUT2D eigenvalue weighted by Gasteiger charge is 2.41. The fourth-order valence-corrected chi connectivity index (χ4v) is 6.02. The molecule has 0 fully saturated rings. The molecule has 4 aromatic rings. The van der Waals surface area contributed by atoms with Gasteiger partial charge in [0.15, 0.2) is 7.41 Å². The van der Waals surface area contributed by atoms with Gasteiger partial charge in [-0.1, -0.05) is 84.9 Å². The highest BCUT2D eigenvalue weighted by Crippen LogP contribution is 2.46. The molecule has 3 nitrogen and oxygen atoms in total. The highest BCUT2D eigenvalue weighted by atomic mass is 31.2. The summed E-state index contributed by atoms with van der Waals surface area (Å²) in [4.78, 5) is 0. The van der Waals surface area contributed by atoms with Gasteiger partial charge in [-0.05, 0) is 42.0 Å². The summed E-state index contributed by atoms with van der Waals surface area (Å²) < 4.78 is 0. The number of hydrogen-bond donors (Lipinski definition) is 1. The summed E-state index contributed by atoms with van der Waals surface area (Å²) in [5, 5.41) is 20.6. The molecule has 0 heterocycles. The van der Waals surface area contributed by atoms with E-state index in [9.17, 15) is 0 Å². The molecule has 4 aromatic carbocycles. The molecule has 0 aromatic heterocycles. The summed E-state index contributed by atoms with van der Waals surface area (Å²) in [7, 11) is -2.03. The molecular weight excluding hydrogens is 397 g/mol. The van der Waals surface area contributed by atoms with Crippen LogP contribution in [0.3, 0.4) is 0 Å². The molecular formula is C27H22N3P. The first-order chi connectivity index (χ1) is 15.2. The molecule has 0 aliphatic heterocycles. The Morgan fingerprint density at radius 1 is 0.613 bits per heavy atom. The van der Waals surface area contributed by atoms with E-state index in [2.05, 4.69) is 72.8 Å². The molecule has 0 saturated heterocycles. The molecule has 31 heavy (non-hydrogen) atoms. The third-order valence-electron chi connectivity index (χ3n) is 4.78. The molecule has 0 bridgehead atoms. The van der Waals surface area contributed by atoms with Crippen molar-refractivity contribution in [3.05, 3.63) is 132 Å². The maximum absolute atomic E-state index is 8.47. The fraction of sp³-hybridized carbons (Fsp3) is 0. The zero-order chi connectivity index (χ0) is 21.9. The molecule has 0 atom stereocenters. The zero-order valence-electron chi connectivity index (χ0n) is 17.0. The van der Waals surface area contributed by atoms with Crippen molar-refractivity contribution in [3.8, 4) is 6.07 Å². The van der Waals surface area contributed by atoms with Crippen LogP contribution in [0.2, 0.25) is 0 Å². The Balaban J connectivity index is 0.000000210. The zero-order valence-corrected chi connectivity index (χ0v) is 17.9. The van der Waals surface area contributed by atoms with Crippen molar-refractivity contribution in [3.63, 3.8) is 0 Å². The van der Waals surface area contributed by atoms with Gasteiger partial charge >= 0.3 is 0 Å². The molecule has 150 valence electrons. The lowest BCUT2D eigenvalue weighted by molar-refractivity contribution is 1.53. The van der Waals surface area contributed by atoms with Crippen LogP contribution in [0.5, 0.6) is 0 Å². The molecule has 0 aliphatic rings. The summed E-state index contributed by atoms with van der Waals surface area (Å²) in [6.07, 6.45) is 0. The molecule has 0 unspecified atom stereocenters. The number of nitrogens with two attached hydrogens (primary N) is 1. The minimum Gasteiger partial charge on any atom is -0.762 e. The van der Waals surface area contributed by atoms with Crippen molar-refractivity contribution in [1.82, 2.24) is 0 Å². The average Bonchev–Trinajstić information content (AvgIpc) is 2.87. The standard InChI is InChI=1S/C18H17NP.C9H5N2/c19-20(16-10-4-1-5-11-16,17-12-6-2-7-13-17)18-14-8-3-9-15-18;10-6-9(7-11)8-4-2-1-3-5-8/h1-15H,19H2;1-5H/q+1;-1. The Labute approximate surface area is 184 Å². The predicted molar refractivity (Wildman–Crippen MR) is 133 cm³/mol. The van der Waals surface area contributed by atoms with E-state index < -0.39 is 7.41 Å². The first-order valence-electron chi connectivity index (χ1n) is 9.77. The van der Waals surface area contributed by atoms with Crippen molar-refractivity contribution < 1.29 is 0 Å². The van der Waals surface area contributed by atoms with Crippen LogP contribution in [-0.2, 0) is 0 Å². The van der Waals surface area contributed by atoms with Crippen LogP contribution >= 0.6 is 7.41 Å². The number of nitriles is 1. The van der Waals surface area contributed by atoms with Crippen LogP contribution in [0.1, 0.15) is 5.56 Å². The van der Waals surface area contributed by atoms with Crippen LogP contribution in [-0.4, -0.2) is 5.87 Å². The molecule has 4 rings (SSSR count). The Morgan fingerprint density at radius 2 is 0.935 bits per heavy atom. The lowest BCUT2D eigenvalue weighted by Crippen LogP contribution is -2.36. The summed E-state index contributed by atoms with van der Waals surface area (Å²) in [6, 6.07) is 42.0. The normalized spacial score (nSPS) is 10.1. The van der Waals surface area contributed by atoms with E-state index in [0.29, 0.717) is 5.56 Å². The number of nitrogens with zero attached hydrogens (tertiary/aromatic N) is 2. The number of benzene rings is 4. The van der Waals surface area contributed by atoms with Gasteiger partial charge in [-0.2, -0.15) is 10.8 Å². The predicted octanol–water partition coefficient (Wildman–Crippen LogP) is 4.69. The van der Waals surface area contributed by atoms with Gasteiger partial charge < -0.3 is 5.41 Å². The smallest absolute Gasteiger partial charge is 0.175 e. The van der Waals surface area contributed by atoms with E-state index in [-0.39, 0.29) is 5.57 Å². The van der Waals surface area contributed by atoms with Crippen molar-refractivity contribution in [2.24, 2.45) is 5.50 Å². The van der Waals surface area contributed by atoms with Crippen LogP contribution in [0.4, 0.5) is 0 Å². The van der Waals surface area contributed by atoms with Gasteiger partial charge in [0, 0.05) is 0 Å². The third kappa shape index (κ3) is 5.23. The molecule has 2 N–H and O–H groups in total. The Bertz CT molecular complexity index is 1080. The maximum atomic E-state index is 8.47. The van der Waals surface area contributed by atoms with Crippen molar-refractivity contribution >= 4 is 34.8 Å². The van der Waals surface area contributed by atoms with Crippen molar-refractivity contribution in [1.29, 1.82) is 5.26 Å². The van der Waals surface area contributed by atoms with Gasteiger partial charge in [0.1, 0.15) is 22.0 Å². The monoisotopic (exact) mass is 419 g/mol. The topological polar surface area (TPSA) is 72.1 Å². The lowest BCUT2D eigenvalue weighted by Gasteiger charge is -2.21. The molecule has 0 saturated carbocycles. The Hall–Kier alpha value is -3.79. The van der Waals surface area contributed by atoms with Gasteiger partial charge in [0.05, 0.1) is 5.57 Å². The van der Waals surface area contributed by atoms with Crippen molar-refractivity contribution in [2.75, 3.05) is 0 Å². The second-order valence-electron chi connectivity index (χ2n) is 6.69. The highest BCUT2D eigenvalue weighted by molar-refractivity contribution is 7.93. The molecule has 4 heteroatoms. The first kappa shape index (κ1) is 21.9. The van der Waals surface area contributed by atoms with Gasteiger partial charge in [0.2, 0.25) is 0 Å². The summed E-state index contributed by atoms with van der Waals surface area (Å²) >= 11 is 0. The van der Waals surface area contributed by atoms with E-state index in [1.165, 1.54) is 15.9 Å². The van der Waals surface area contributed by atoms with Crippen molar-refractivity contribution in [2.45, 2.75) is 0 Å². The van der Waals surface area contributed by atoms with E-state index in [0.717, 1.165) is 0 Å². The van der Waals surface area contributed by atoms with Crippen LogP contribution in [0.25, 0.3) is 11.0 Å². The molecule has 0 amide bonds. The number of allylic oxidation sites excluding steroid dienone is 1. The number of hydrogen-bond acceptors (Lipinski definition) is 2. The first-order valence-corrected chi connectivity index (χ1v) is 11.6. The van der Waals surface area contributed by atoms with E-state index in [4.69, 9.17) is 16.2 Å². The summed E-state index contributed by atoms with van der Waals surface area (Å²) in [6.45, 7) is 0. The fourth-order valence-electron chi connectivity index (χ4n) is 3.20. The lowest BCUT2D eigenvalue weighted by atomic mass is 10.1. The summed E-state index contributed by atoms with van der Waals surface area (Å²) in [5.41, 5.74) is 7.81. The Morgan fingerprint density at radius 3 is 1.23 bits per heavy atom. The largest absolute Gasteiger partial charge is 0.762 e. The minimum atomic E-state index is -2.03. The van der Waals surface area contributed by atoms with Gasteiger partial charge in [-0.25, -0.2) is 5.87 Å². The van der Waals surface area contributed by atoms with E-state index in [1.807, 2.05) is 36.2 Å². The van der Waals surface area contributed by atoms with Crippen LogP contribution in [0.15, 0.2) is 121 Å². The molecule has 0 radical (unpaired) electrons. The van der Waals surface area contributed by atoms with Gasteiger partial charge in [-0.3, -0.25) is 0 Å². The quantitative estimate of drug-likeness (QED) is 0.296. The maximum Gasteiger partial charge on any atom is 0.175 e.